The third-order valence-electron chi connectivity index (χ3n) is 2.95. The van der Waals surface area contributed by atoms with Crippen LogP contribution in [0, 0.1) is 0 Å². The zero-order valence-electron chi connectivity index (χ0n) is 9.54. The van der Waals surface area contributed by atoms with Gasteiger partial charge >= 0.3 is 0 Å². The van der Waals surface area contributed by atoms with Crippen molar-refractivity contribution in [2.45, 2.75) is 45.3 Å². The third kappa shape index (κ3) is 3.56. The van der Waals surface area contributed by atoms with Crippen LogP contribution >= 0.6 is 0 Å². The molecule has 1 aliphatic rings. The summed E-state index contributed by atoms with van der Waals surface area (Å²) in [6.45, 7) is 8.12. The van der Waals surface area contributed by atoms with E-state index >= 15 is 0 Å². The van der Waals surface area contributed by atoms with Crippen LogP contribution in [-0.4, -0.2) is 43.3 Å². The van der Waals surface area contributed by atoms with Gasteiger partial charge in [0.05, 0.1) is 12.7 Å². The molecule has 84 valence electrons. The first-order chi connectivity index (χ1) is 6.77. The molecule has 0 aromatic carbocycles. The number of hydrogen-bond donors (Lipinski definition) is 1. The number of rotatable bonds is 5. The summed E-state index contributed by atoms with van der Waals surface area (Å²) in [6.07, 6.45) is 4.16. The van der Waals surface area contributed by atoms with Crippen LogP contribution in [0.3, 0.4) is 0 Å². The minimum absolute atomic E-state index is 0.374. The summed E-state index contributed by atoms with van der Waals surface area (Å²) in [6, 6.07) is 0.571. The molecule has 3 heteroatoms. The first kappa shape index (κ1) is 12.0. The second-order valence-corrected chi connectivity index (χ2v) is 4.21. The van der Waals surface area contributed by atoms with Crippen molar-refractivity contribution in [2.24, 2.45) is 5.73 Å². The predicted molar refractivity (Wildman–Crippen MR) is 59.4 cm³/mol. The maximum atomic E-state index is 5.81. The van der Waals surface area contributed by atoms with Gasteiger partial charge in [-0.1, -0.05) is 19.8 Å². The van der Waals surface area contributed by atoms with Crippen LogP contribution in [0.4, 0.5) is 0 Å². The van der Waals surface area contributed by atoms with E-state index < -0.39 is 0 Å². The molecule has 14 heavy (non-hydrogen) atoms. The molecule has 0 radical (unpaired) electrons. The molecule has 0 spiro atoms. The minimum atomic E-state index is 0.374. The van der Waals surface area contributed by atoms with Crippen molar-refractivity contribution >= 4 is 0 Å². The van der Waals surface area contributed by atoms with Crippen molar-refractivity contribution in [2.75, 3.05) is 26.2 Å². The van der Waals surface area contributed by atoms with E-state index in [0.717, 1.165) is 26.2 Å². The monoisotopic (exact) mass is 200 g/mol. The van der Waals surface area contributed by atoms with E-state index in [-0.39, 0.29) is 0 Å². The number of morpholine rings is 1. The van der Waals surface area contributed by atoms with Gasteiger partial charge in [0.25, 0.3) is 0 Å². The largest absolute Gasteiger partial charge is 0.376 e. The SMILES string of the molecule is CCCCC(CN)N1CCOC(C)C1. The molecular weight excluding hydrogens is 176 g/mol. The number of nitrogens with zero attached hydrogens (tertiary/aromatic N) is 1. The molecule has 0 aliphatic carbocycles. The lowest BCUT2D eigenvalue weighted by Gasteiger charge is -2.36. The standard InChI is InChI=1S/C11H24N2O/c1-3-4-5-11(8-12)13-6-7-14-10(2)9-13/h10-11H,3-9,12H2,1-2H3. The minimum Gasteiger partial charge on any atom is -0.376 e. The summed E-state index contributed by atoms with van der Waals surface area (Å²) in [4.78, 5) is 2.49. The Bertz CT molecular complexity index is 152. The highest BCUT2D eigenvalue weighted by Gasteiger charge is 2.22. The summed E-state index contributed by atoms with van der Waals surface area (Å²) in [7, 11) is 0. The fourth-order valence-corrected chi connectivity index (χ4v) is 2.07. The lowest BCUT2D eigenvalue weighted by atomic mass is 10.1. The van der Waals surface area contributed by atoms with Gasteiger partial charge in [-0.25, -0.2) is 0 Å². The first-order valence-corrected chi connectivity index (χ1v) is 5.83. The van der Waals surface area contributed by atoms with Gasteiger partial charge in [-0.3, -0.25) is 4.90 Å². The van der Waals surface area contributed by atoms with Crippen molar-refractivity contribution in [1.29, 1.82) is 0 Å². The zero-order valence-corrected chi connectivity index (χ0v) is 9.54. The molecule has 0 saturated carbocycles. The van der Waals surface area contributed by atoms with Crippen LogP contribution in [0.5, 0.6) is 0 Å². The van der Waals surface area contributed by atoms with Gasteiger partial charge in [0.1, 0.15) is 0 Å². The van der Waals surface area contributed by atoms with E-state index in [9.17, 15) is 0 Å². The molecule has 0 amide bonds. The molecule has 0 aromatic heterocycles. The normalized spacial score (nSPS) is 26.4. The van der Waals surface area contributed by atoms with Gasteiger partial charge in [0, 0.05) is 25.7 Å². The smallest absolute Gasteiger partial charge is 0.0674 e. The van der Waals surface area contributed by atoms with E-state index in [1.165, 1.54) is 19.3 Å². The fourth-order valence-electron chi connectivity index (χ4n) is 2.07. The fraction of sp³-hybridized carbons (Fsp3) is 1.00. The van der Waals surface area contributed by atoms with E-state index in [0.29, 0.717) is 12.1 Å². The Hall–Kier alpha value is -0.120. The van der Waals surface area contributed by atoms with Crippen molar-refractivity contribution in [3.63, 3.8) is 0 Å². The van der Waals surface area contributed by atoms with Crippen LogP contribution < -0.4 is 5.73 Å². The predicted octanol–water partition coefficient (Wildman–Crippen LogP) is 1.22. The highest BCUT2D eigenvalue weighted by Crippen LogP contribution is 2.12. The Balaban J connectivity index is 2.34. The van der Waals surface area contributed by atoms with Gasteiger partial charge in [0.2, 0.25) is 0 Å². The Morgan fingerprint density at radius 1 is 1.57 bits per heavy atom. The highest BCUT2D eigenvalue weighted by atomic mass is 16.5. The van der Waals surface area contributed by atoms with Gasteiger partial charge in [-0.05, 0) is 13.3 Å². The lowest BCUT2D eigenvalue weighted by Crippen LogP contribution is -2.49. The number of hydrogen-bond acceptors (Lipinski definition) is 3. The molecule has 1 rings (SSSR count). The van der Waals surface area contributed by atoms with Crippen LogP contribution in [0.15, 0.2) is 0 Å². The van der Waals surface area contributed by atoms with E-state index in [4.69, 9.17) is 10.5 Å². The van der Waals surface area contributed by atoms with Crippen molar-refractivity contribution in [3.8, 4) is 0 Å². The van der Waals surface area contributed by atoms with Crippen molar-refractivity contribution in [1.82, 2.24) is 4.90 Å². The average molecular weight is 200 g/mol. The van der Waals surface area contributed by atoms with Gasteiger partial charge in [-0.2, -0.15) is 0 Å². The Morgan fingerprint density at radius 3 is 2.93 bits per heavy atom. The molecular formula is C11H24N2O. The molecule has 0 bridgehead atoms. The second-order valence-electron chi connectivity index (χ2n) is 4.21. The summed E-state index contributed by atoms with van der Waals surface area (Å²) in [5.74, 6) is 0. The lowest BCUT2D eigenvalue weighted by molar-refractivity contribution is -0.0341. The van der Waals surface area contributed by atoms with Gasteiger partial charge in [-0.15, -0.1) is 0 Å². The van der Waals surface area contributed by atoms with E-state index in [2.05, 4.69) is 18.7 Å². The van der Waals surface area contributed by atoms with Crippen molar-refractivity contribution in [3.05, 3.63) is 0 Å². The highest BCUT2D eigenvalue weighted by molar-refractivity contribution is 4.77. The van der Waals surface area contributed by atoms with Gasteiger partial charge < -0.3 is 10.5 Å². The molecule has 0 aromatic rings. The number of unbranched alkanes of at least 4 members (excludes halogenated alkanes) is 1. The maximum Gasteiger partial charge on any atom is 0.0674 e. The summed E-state index contributed by atoms with van der Waals surface area (Å²) in [5.41, 5.74) is 5.81. The van der Waals surface area contributed by atoms with Crippen LogP contribution in [0.25, 0.3) is 0 Å². The van der Waals surface area contributed by atoms with Crippen molar-refractivity contribution < 1.29 is 4.74 Å². The van der Waals surface area contributed by atoms with Gasteiger partial charge in [0.15, 0.2) is 0 Å². The third-order valence-corrected chi connectivity index (χ3v) is 2.95. The molecule has 1 fully saturated rings. The summed E-state index contributed by atoms with van der Waals surface area (Å²) in [5, 5.41) is 0. The number of ether oxygens (including phenoxy) is 1. The molecule has 2 atom stereocenters. The maximum absolute atomic E-state index is 5.81. The summed E-state index contributed by atoms with van der Waals surface area (Å²) < 4.78 is 5.52. The Morgan fingerprint density at radius 2 is 2.36 bits per heavy atom. The quantitative estimate of drug-likeness (QED) is 0.725. The molecule has 2 N–H and O–H groups in total. The molecule has 1 aliphatic heterocycles. The number of nitrogens with two attached hydrogens (primary N) is 1. The molecule has 1 heterocycles. The second kappa shape index (κ2) is 6.38. The Kier molecular flexibility index (Phi) is 5.45. The van der Waals surface area contributed by atoms with Crippen LogP contribution in [-0.2, 0) is 4.74 Å². The Labute approximate surface area is 87.6 Å². The topological polar surface area (TPSA) is 38.5 Å². The van der Waals surface area contributed by atoms with Crippen LogP contribution in [0.1, 0.15) is 33.1 Å². The first-order valence-electron chi connectivity index (χ1n) is 5.83. The van der Waals surface area contributed by atoms with E-state index in [1.54, 1.807) is 0 Å². The zero-order chi connectivity index (χ0) is 10.4. The average Bonchev–Trinajstić information content (AvgIpc) is 2.19. The van der Waals surface area contributed by atoms with Crippen LogP contribution in [0.2, 0.25) is 0 Å². The van der Waals surface area contributed by atoms with E-state index in [1.807, 2.05) is 0 Å². The molecule has 3 nitrogen and oxygen atoms in total. The summed E-state index contributed by atoms with van der Waals surface area (Å²) >= 11 is 0. The molecule has 1 saturated heterocycles. The molecule has 2 unspecified atom stereocenters.